The van der Waals surface area contributed by atoms with Gasteiger partial charge in [-0.1, -0.05) is 82.2 Å². The van der Waals surface area contributed by atoms with Crippen LogP contribution in [0, 0.1) is 5.92 Å². The van der Waals surface area contributed by atoms with Crippen molar-refractivity contribution in [2.45, 2.75) is 146 Å². The highest BCUT2D eigenvalue weighted by Gasteiger charge is 2.63. The Morgan fingerprint density at radius 3 is 2.41 bits per heavy atom. The molecule has 3 fully saturated rings. The number of carbonyl (C=O) groups excluding carboxylic acids is 4. The number of allylic oxidation sites excluding steroid dienone is 1. The Balaban J connectivity index is 1.15. The molecule has 4 aromatic rings. The summed E-state index contributed by atoms with van der Waals surface area (Å²) in [5.74, 6) is -2.02. The Bertz CT molecular complexity index is 2590. The van der Waals surface area contributed by atoms with Crippen LogP contribution in [0.5, 0.6) is 5.75 Å². The van der Waals surface area contributed by atoms with Crippen molar-refractivity contribution in [3.05, 3.63) is 72.3 Å². The van der Waals surface area contributed by atoms with Gasteiger partial charge in [-0.2, -0.15) is 0 Å². The predicted molar refractivity (Wildman–Crippen MR) is 239 cm³/mol. The van der Waals surface area contributed by atoms with Gasteiger partial charge >= 0.3 is 6.09 Å². The van der Waals surface area contributed by atoms with Crippen molar-refractivity contribution in [2.75, 3.05) is 6.54 Å². The van der Waals surface area contributed by atoms with Gasteiger partial charge in [0.25, 0.3) is 5.91 Å². The number of alkyl carbamates (subject to hydrolysis) is 1. The Morgan fingerprint density at radius 1 is 0.984 bits per heavy atom. The van der Waals surface area contributed by atoms with E-state index in [1.165, 1.54) is 10.5 Å². The highest BCUT2D eigenvalue weighted by atomic mass is 32.2. The van der Waals surface area contributed by atoms with E-state index in [1.807, 2.05) is 54.6 Å². The zero-order chi connectivity index (χ0) is 45.1. The third-order valence-electron chi connectivity index (χ3n) is 12.8. The van der Waals surface area contributed by atoms with Gasteiger partial charge in [-0.05, 0) is 89.3 Å². The van der Waals surface area contributed by atoms with Gasteiger partial charge < -0.3 is 29.4 Å². The van der Waals surface area contributed by atoms with Crippen molar-refractivity contribution in [1.29, 1.82) is 0 Å². The van der Waals surface area contributed by atoms with Crippen molar-refractivity contribution < 1.29 is 41.5 Å². The smallest absolute Gasteiger partial charge is 0.408 e. The fourth-order valence-corrected chi connectivity index (χ4v) is 9.92. The molecule has 4 aliphatic rings. The number of furan rings is 1. The zero-order valence-electron chi connectivity index (χ0n) is 37.2. The second kappa shape index (κ2) is 16.3. The van der Waals surface area contributed by atoms with Gasteiger partial charge in [-0.25, -0.2) is 18.2 Å². The number of pyridine rings is 1. The van der Waals surface area contributed by atoms with E-state index in [-0.39, 0.29) is 24.8 Å². The molecule has 1 saturated heterocycles. The first-order valence-electron chi connectivity index (χ1n) is 22.1. The summed E-state index contributed by atoms with van der Waals surface area (Å²) < 4.78 is 46.6. The fraction of sp³-hybridized carbons (Fsp3) is 0.521. The number of rotatable bonds is 7. The molecule has 5 atom stereocenters. The number of para-hydroxylation sites is 1. The first-order valence-corrected chi connectivity index (χ1v) is 23.6. The molecule has 0 radical (unpaired) electrons. The van der Waals surface area contributed by atoms with E-state index in [1.54, 1.807) is 27.7 Å². The maximum absolute atomic E-state index is 14.8. The van der Waals surface area contributed by atoms with E-state index in [0.717, 1.165) is 23.8 Å². The van der Waals surface area contributed by atoms with Crippen LogP contribution in [0.15, 0.2) is 71.2 Å². The van der Waals surface area contributed by atoms with E-state index in [9.17, 15) is 27.6 Å². The molecule has 15 heteroatoms. The van der Waals surface area contributed by atoms with E-state index in [2.05, 4.69) is 48.3 Å². The molecule has 336 valence electrons. The van der Waals surface area contributed by atoms with Crippen LogP contribution in [-0.4, -0.2) is 82.7 Å². The highest BCUT2D eigenvalue weighted by Crippen LogP contribution is 2.48. The third kappa shape index (κ3) is 9.16. The molecule has 3 N–H and O–H groups in total. The summed E-state index contributed by atoms with van der Waals surface area (Å²) >= 11 is 0. The molecular weight excluding hydrogens is 823 g/mol. The topological polar surface area (TPSA) is 186 Å². The number of carbonyl (C=O) groups is 4. The molecule has 0 unspecified atom stereocenters. The molecule has 0 spiro atoms. The molecule has 63 heavy (non-hydrogen) atoms. The van der Waals surface area contributed by atoms with Crippen molar-refractivity contribution in [3.63, 3.8) is 0 Å². The number of sulfonamides is 1. The molecule has 4 amide bonds. The van der Waals surface area contributed by atoms with Gasteiger partial charge in [0.2, 0.25) is 21.8 Å². The van der Waals surface area contributed by atoms with E-state index in [4.69, 9.17) is 18.9 Å². The van der Waals surface area contributed by atoms with Gasteiger partial charge in [0.05, 0.1) is 17.0 Å². The summed E-state index contributed by atoms with van der Waals surface area (Å²) in [6, 6.07) is 15.4. The lowest BCUT2D eigenvalue weighted by Gasteiger charge is -2.30. The van der Waals surface area contributed by atoms with Gasteiger partial charge in [-0.3, -0.25) is 19.1 Å². The maximum atomic E-state index is 14.8. The molecular formula is C48H59N5O9S. The Kier molecular flexibility index (Phi) is 11.4. The molecule has 2 aromatic carbocycles. The largest absolute Gasteiger partial charge is 0.484 e. The van der Waals surface area contributed by atoms with Crippen LogP contribution in [0.25, 0.3) is 33.3 Å². The average Bonchev–Trinajstić information content (AvgIpc) is 4.03. The number of aromatic nitrogens is 1. The summed E-state index contributed by atoms with van der Waals surface area (Å²) in [5.41, 5.74) is 1.86. The second-order valence-corrected chi connectivity index (χ2v) is 22.2. The van der Waals surface area contributed by atoms with Crippen molar-refractivity contribution >= 4 is 55.9 Å². The predicted octanol–water partition coefficient (Wildman–Crippen LogP) is 7.58. The summed E-state index contributed by atoms with van der Waals surface area (Å²) in [6.07, 6.45) is 6.50. The minimum atomic E-state index is -4.02. The van der Waals surface area contributed by atoms with Crippen molar-refractivity contribution in [1.82, 2.24) is 25.2 Å². The van der Waals surface area contributed by atoms with E-state index in [0.29, 0.717) is 60.2 Å². The Labute approximate surface area is 369 Å². The molecule has 2 saturated carbocycles. The monoisotopic (exact) mass is 881 g/mol. The summed E-state index contributed by atoms with van der Waals surface area (Å²) in [6.45, 7) is 13.2. The SMILES string of the molecule is CC(C)(C)OC(=O)N[C@H]1CCCCCC=C[C@@H]2C[C@@]2(C(=O)NS(=O)(=O)C2(C)CC2)NC(=O)[C@@H]2C[C@@H](Oc3cc(-c4ccc(C(C)(C)C)cc4)nc4c3oc3ccccc34)CN2C1=O. The molecule has 0 bridgehead atoms. The first kappa shape index (κ1) is 44.2. The van der Waals surface area contributed by atoms with Gasteiger partial charge in [0.1, 0.15) is 40.4 Å². The van der Waals surface area contributed by atoms with Gasteiger partial charge in [0, 0.05) is 29.4 Å². The minimum Gasteiger partial charge on any atom is -0.484 e. The normalized spacial score (nSPS) is 25.3. The lowest BCUT2D eigenvalue weighted by atomic mass is 9.86. The number of nitrogens with zero attached hydrogens (tertiary/aromatic N) is 2. The summed E-state index contributed by atoms with van der Waals surface area (Å²) in [7, 11) is -4.02. The number of ether oxygens (including phenoxy) is 2. The van der Waals surface area contributed by atoms with E-state index < -0.39 is 73.8 Å². The minimum absolute atomic E-state index is 0.0188. The number of benzene rings is 2. The van der Waals surface area contributed by atoms with Crippen molar-refractivity contribution in [3.8, 4) is 17.0 Å². The third-order valence-corrected chi connectivity index (χ3v) is 15.0. The van der Waals surface area contributed by atoms with Crippen LogP contribution in [0.4, 0.5) is 4.79 Å². The van der Waals surface area contributed by atoms with Crippen LogP contribution < -0.4 is 20.1 Å². The number of hydrogen-bond acceptors (Lipinski definition) is 10. The number of hydrogen-bond donors (Lipinski definition) is 3. The fourth-order valence-electron chi connectivity index (χ4n) is 8.60. The highest BCUT2D eigenvalue weighted by molar-refractivity contribution is 7.91. The molecule has 8 rings (SSSR count). The van der Waals surface area contributed by atoms with Gasteiger partial charge in [-0.15, -0.1) is 0 Å². The quantitative estimate of drug-likeness (QED) is 0.156. The average molecular weight is 882 g/mol. The van der Waals surface area contributed by atoms with Crippen molar-refractivity contribution in [2.24, 2.45) is 5.92 Å². The van der Waals surface area contributed by atoms with Gasteiger partial charge in [0.15, 0.2) is 11.3 Å². The van der Waals surface area contributed by atoms with Crippen LogP contribution in [0.3, 0.4) is 0 Å². The molecule has 14 nitrogen and oxygen atoms in total. The maximum Gasteiger partial charge on any atom is 0.408 e. The first-order chi connectivity index (χ1) is 29.7. The molecule has 2 aliphatic carbocycles. The van der Waals surface area contributed by atoms with Crippen LogP contribution in [-0.2, 0) is 34.6 Å². The zero-order valence-corrected chi connectivity index (χ0v) is 38.0. The Hall–Kier alpha value is -5.44. The standard InChI is InChI=1S/C48H59N5O9S/c1-45(2,3)30-21-19-29(20-22-30)35-26-38(40-39(49-35)33-16-13-14-18-37(33)61-40)60-32-25-36-41(54)51-48(43(56)52-63(58,59)47(7)23-24-47)27-31(48)15-11-9-8-10-12-17-34(42(55)53(36)28-32)50-44(57)62-46(4,5)6/h11,13-16,18-22,26,31-32,34,36H,8-10,12,17,23-25,27-28H2,1-7H3,(H,50,57)(H,51,54)(H,52,56)/t31-,32-,34+,36+,48-/m1/s1. The summed E-state index contributed by atoms with van der Waals surface area (Å²) in [5, 5.41) is 6.51. The van der Waals surface area contributed by atoms with Crippen LogP contribution in [0.2, 0.25) is 0 Å². The number of fused-ring (bicyclic) bond motifs is 5. The number of amides is 4. The molecule has 2 aliphatic heterocycles. The van der Waals surface area contributed by atoms with E-state index >= 15 is 0 Å². The lowest BCUT2D eigenvalue weighted by molar-refractivity contribution is -0.141. The molecule has 4 heterocycles. The molecule has 2 aromatic heterocycles. The lowest BCUT2D eigenvalue weighted by Crippen LogP contribution is -2.58. The van der Waals surface area contributed by atoms with Crippen LogP contribution >= 0.6 is 0 Å². The second-order valence-electron chi connectivity index (χ2n) is 20.0. The number of nitrogens with one attached hydrogen (secondary N) is 3. The van der Waals surface area contributed by atoms with Crippen LogP contribution in [0.1, 0.15) is 112 Å². The summed E-state index contributed by atoms with van der Waals surface area (Å²) in [4.78, 5) is 63.2. The Morgan fingerprint density at radius 2 is 1.71 bits per heavy atom.